The SMILES string of the molecule is Cc1ccc(F)c(CC(N)CNC(=O)OC(C)(C)C)c1. The standard InChI is InChI=1S/C15H23FN2O2/c1-10-5-6-13(16)11(7-10)8-12(17)9-18-14(19)20-15(2,3)4/h5-7,12H,8-9,17H2,1-4H3,(H,18,19). The minimum Gasteiger partial charge on any atom is -0.444 e. The number of nitrogens with two attached hydrogens (primary N) is 1. The van der Waals surface area contributed by atoms with E-state index in [1.54, 1.807) is 32.9 Å². The fourth-order valence-electron chi connectivity index (χ4n) is 1.74. The number of hydrogen-bond acceptors (Lipinski definition) is 3. The van der Waals surface area contributed by atoms with Gasteiger partial charge in [-0.1, -0.05) is 17.7 Å². The van der Waals surface area contributed by atoms with Gasteiger partial charge in [0.05, 0.1) is 0 Å². The van der Waals surface area contributed by atoms with E-state index in [1.807, 2.05) is 6.92 Å². The molecule has 3 N–H and O–H groups in total. The van der Waals surface area contributed by atoms with Gasteiger partial charge in [-0.25, -0.2) is 9.18 Å². The first-order valence-electron chi connectivity index (χ1n) is 6.65. The zero-order valence-corrected chi connectivity index (χ0v) is 12.5. The molecule has 1 unspecified atom stereocenters. The second-order valence-corrected chi connectivity index (χ2v) is 5.94. The molecule has 0 aliphatic rings. The van der Waals surface area contributed by atoms with Crippen molar-refractivity contribution in [1.82, 2.24) is 5.32 Å². The quantitative estimate of drug-likeness (QED) is 0.892. The van der Waals surface area contributed by atoms with Crippen molar-refractivity contribution in [1.29, 1.82) is 0 Å². The molecule has 0 aliphatic heterocycles. The second kappa shape index (κ2) is 6.70. The lowest BCUT2D eigenvalue weighted by atomic mass is 10.0. The zero-order chi connectivity index (χ0) is 15.3. The predicted molar refractivity (Wildman–Crippen MR) is 77.1 cm³/mol. The third kappa shape index (κ3) is 6.02. The molecular weight excluding hydrogens is 259 g/mol. The lowest BCUT2D eigenvalue weighted by Gasteiger charge is -2.21. The average Bonchev–Trinajstić information content (AvgIpc) is 2.29. The summed E-state index contributed by atoms with van der Waals surface area (Å²) in [6, 6.07) is 4.55. The highest BCUT2D eigenvalue weighted by Crippen LogP contribution is 2.12. The van der Waals surface area contributed by atoms with E-state index in [0.717, 1.165) is 5.56 Å². The van der Waals surface area contributed by atoms with Crippen LogP contribution in [0.5, 0.6) is 0 Å². The van der Waals surface area contributed by atoms with Gasteiger partial charge >= 0.3 is 6.09 Å². The van der Waals surface area contributed by atoms with Gasteiger partial charge in [0, 0.05) is 12.6 Å². The number of carbonyl (C=O) groups is 1. The Hall–Kier alpha value is -1.62. The van der Waals surface area contributed by atoms with Crippen LogP contribution in [0.15, 0.2) is 18.2 Å². The normalized spacial score (nSPS) is 12.9. The smallest absolute Gasteiger partial charge is 0.407 e. The number of halogens is 1. The third-order valence-corrected chi connectivity index (χ3v) is 2.59. The van der Waals surface area contributed by atoms with Crippen LogP contribution in [-0.2, 0) is 11.2 Å². The van der Waals surface area contributed by atoms with Crippen LogP contribution in [0.1, 0.15) is 31.9 Å². The van der Waals surface area contributed by atoms with Crippen molar-refractivity contribution >= 4 is 6.09 Å². The van der Waals surface area contributed by atoms with Gasteiger partial charge in [0.15, 0.2) is 0 Å². The molecule has 4 nitrogen and oxygen atoms in total. The molecule has 112 valence electrons. The fraction of sp³-hybridized carbons (Fsp3) is 0.533. The first-order chi connectivity index (χ1) is 9.17. The topological polar surface area (TPSA) is 64.3 Å². The summed E-state index contributed by atoms with van der Waals surface area (Å²) in [5.41, 5.74) is 6.89. The number of benzene rings is 1. The summed E-state index contributed by atoms with van der Waals surface area (Å²) in [5.74, 6) is -0.275. The molecule has 0 spiro atoms. The highest BCUT2D eigenvalue weighted by molar-refractivity contribution is 5.67. The number of ether oxygens (including phenoxy) is 1. The first kappa shape index (κ1) is 16.4. The third-order valence-electron chi connectivity index (χ3n) is 2.59. The highest BCUT2D eigenvalue weighted by atomic mass is 19.1. The number of rotatable bonds is 4. The van der Waals surface area contributed by atoms with E-state index < -0.39 is 11.7 Å². The van der Waals surface area contributed by atoms with Gasteiger partial charge in [-0.2, -0.15) is 0 Å². The molecule has 1 aromatic carbocycles. The molecule has 1 rings (SSSR count). The summed E-state index contributed by atoms with van der Waals surface area (Å²) in [6.07, 6.45) is -0.152. The van der Waals surface area contributed by atoms with Crippen LogP contribution >= 0.6 is 0 Å². The molecule has 20 heavy (non-hydrogen) atoms. The molecule has 0 fully saturated rings. The van der Waals surface area contributed by atoms with E-state index in [0.29, 0.717) is 12.0 Å². The number of aryl methyl sites for hydroxylation is 1. The Bertz CT molecular complexity index is 469. The molecule has 0 heterocycles. The Morgan fingerprint density at radius 2 is 2.10 bits per heavy atom. The maximum atomic E-state index is 13.6. The molecule has 1 amide bonds. The van der Waals surface area contributed by atoms with Crippen molar-refractivity contribution in [3.8, 4) is 0 Å². The lowest BCUT2D eigenvalue weighted by molar-refractivity contribution is 0.0524. The van der Waals surface area contributed by atoms with Crippen molar-refractivity contribution in [3.05, 3.63) is 35.1 Å². The molecule has 0 bridgehead atoms. The summed E-state index contributed by atoms with van der Waals surface area (Å²) >= 11 is 0. The minimum absolute atomic E-state index is 0.238. The van der Waals surface area contributed by atoms with Crippen molar-refractivity contribution in [2.24, 2.45) is 5.73 Å². The monoisotopic (exact) mass is 282 g/mol. The molecule has 0 saturated carbocycles. The lowest BCUT2D eigenvalue weighted by Crippen LogP contribution is -2.41. The van der Waals surface area contributed by atoms with Crippen LogP contribution in [0.2, 0.25) is 0 Å². The highest BCUT2D eigenvalue weighted by Gasteiger charge is 2.17. The molecule has 1 atom stereocenters. The Kier molecular flexibility index (Phi) is 5.51. The Balaban J connectivity index is 2.46. The summed E-state index contributed by atoms with van der Waals surface area (Å²) in [6.45, 7) is 7.49. The number of carbonyl (C=O) groups excluding carboxylic acids is 1. The first-order valence-corrected chi connectivity index (χ1v) is 6.65. The number of hydrogen-bond donors (Lipinski definition) is 2. The fourth-order valence-corrected chi connectivity index (χ4v) is 1.74. The molecule has 0 radical (unpaired) electrons. The summed E-state index contributed by atoms with van der Waals surface area (Å²) < 4.78 is 18.7. The van der Waals surface area contributed by atoms with Crippen molar-refractivity contribution in [3.63, 3.8) is 0 Å². The van der Waals surface area contributed by atoms with Crippen LogP contribution in [0.3, 0.4) is 0 Å². The van der Waals surface area contributed by atoms with E-state index >= 15 is 0 Å². The van der Waals surface area contributed by atoms with E-state index in [4.69, 9.17) is 10.5 Å². The Labute approximate surface area is 119 Å². The predicted octanol–water partition coefficient (Wildman–Crippen LogP) is 2.53. The number of amides is 1. The maximum Gasteiger partial charge on any atom is 0.407 e. The van der Waals surface area contributed by atoms with Gasteiger partial charge in [0.25, 0.3) is 0 Å². The zero-order valence-electron chi connectivity index (χ0n) is 12.5. The summed E-state index contributed by atoms with van der Waals surface area (Å²) in [4.78, 5) is 11.5. The van der Waals surface area contributed by atoms with E-state index in [1.165, 1.54) is 6.07 Å². The van der Waals surface area contributed by atoms with Gasteiger partial charge in [-0.05, 0) is 45.7 Å². The number of alkyl carbamates (subject to hydrolysis) is 1. The van der Waals surface area contributed by atoms with Crippen LogP contribution in [-0.4, -0.2) is 24.3 Å². The van der Waals surface area contributed by atoms with Crippen LogP contribution < -0.4 is 11.1 Å². The minimum atomic E-state index is -0.545. The molecule has 1 aromatic rings. The maximum absolute atomic E-state index is 13.6. The van der Waals surface area contributed by atoms with Gasteiger partial charge < -0.3 is 15.8 Å². The number of nitrogens with one attached hydrogen (secondary N) is 1. The van der Waals surface area contributed by atoms with Crippen molar-refractivity contribution < 1.29 is 13.9 Å². The molecule has 0 aliphatic carbocycles. The van der Waals surface area contributed by atoms with Crippen LogP contribution in [0.25, 0.3) is 0 Å². The average molecular weight is 282 g/mol. The Morgan fingerprint density at radius 3 is 2.70 bits per heavy atom. The van der Waals surface area contributed by atoms with Crippen molar-refractivity contribution in [2.75, 3.05) is 6.54 Å². The van der Waals surface area contributed by atoms with E-state index in [2.05, 4.69) is 5.32 Å². The van der Waals surface area contributed by atoms with E-state index in [-0.39, 0.29) is 18.4 Å². The molecular formula is C15H23FN2O2. The molecule has 5 heteroatoms. The largest absolute Gasteiger partial charge is 0.444 e. The van der Waals surface area contributed by atoms with Gasteiger partial charge in [0.2, 0.25) is 0 Å². The summed E-state index contributed by atoms with van der Waals surface area (Å²) in [7, 11) is 0. The molecule has 0 saturated heterocycles. The van der Waals surface area contributed by atoms with E-state index in [9.17, 15) is 9.18 Å². The van der Waals surface area contributed by atoms with Crippen LogP contribution in [0, 0.1) is 12.7 Å². The van der Waals surface area contributed by atoms with Gasteiger partial charge in [-0.3, -0.25) is 0 Å². The van der Waals surface area contributed by atoms with Crippen LogP contribution in [0.4, 0.5) is 9.18 Å². The molecule has 0 aromatic heterocycles. The summed E-state index contributed by atoms with van der Waals surface area (Å²) in [5, 5.41) is 2.58. The Morgan fingerprint density at radius 1 is 1.45 bits per heavy atom. The van der Waals surface area contributed by atoms with Gasteiger partial charge in [0.1, 0.15) is 11.4 Å². The van der Waals surface area contributed by atoms with Gasteiger partial charge in [-0.15, -0.1) is 0 Å². The second-order valence-electron chi connectivity index (χ2n) is 5.94. The van der Waals surface area contributed by atoms with Crippen molar-refractivity contribution in [2.45, 2.75) is 45.8 Å².